The number of hydrogen-bond donors (Lipinski definition) is 1. The van der Waals surface area contributed by atoms with Crippen LogP contribution in [0.2, 0.25) is 0 Å². The Labute approximate surface area is 133 Å². The van der Waals surface area contributed by atoms with Gasteiger partial charge in [-0.1, -0.05) is 37.3 Å². The Hall–Kier alpha value is -1.65. The third kappa shape index (κ3) is 3.23. The number of aryl methyl sites for hydroxylation is 1. The van der Waals surface area contributed by atoms with Crippen LogP contribution in [-0.4, -0.2) is 52.5 Å². The second-order valence-corrected chi connectivity index (χ2v) is 6.30. The van der Waals surface area contributed by atoms with Crippen LogP contribution in [0, 0.1) is 6.92 Å². The van der Waals surface area contributed by atoms with Crippen molar-refractivity contribution < 1.29 is 0 Å². The molecule has 1 saturated heterocycles. The minimum Gasteiger partial charge on any atom is -0.342 e. The molecule has 4 nitrogen and oxygen atoms in total. The van der Waals surface area contributed by atoms with E-state index >= 15 is 0 Å². The highest BCUT2D eigenvalue weighted by Gasteiger charge is 2.23. The van der Waals surface area contributed by atoms with E-state index in [1.165, 1.54) is 17.8 Å². The molecule has 1 aliphatic rings. The maximum Gasteiger partial charge on any atom is 0.137 e. The fraction of sp³-hybridized carbons (Fsp3) is 0.500. The molecule has 1 N–H and O–H groups in total. The van der Waals surface area contributed by atoms with Crippen molar-refractivity contribution in [1.82, 2.24) is 19.8 Å². The van der Waals surface area contributed by atoms with Crippen molar-refractivity contribution in [3.63, 3.8) is 0 Å². The fourth-order valence-corrected chi connectivity index (χ4v) is 3.19. The summed E-state index contributed by atoms with van der Waals surface area (Å²) >= 11 is 0. The van der Waals surface area contributed by atoms with Gasteiger partial charge < -0.3 is 9.88 Å². The highest BCUT2D eigenvalue weighted by Crippen LogP contribution is 2.20. The Kier molecular flexibility index (Phi) is 4.60. The lowest BCUT2D eigenvalue weighted by Gasteiger charge is -2.38. The summed E-state index contributed by atoms with van der Waals surface area (Å²) in [5.74, 6) is 0.981. The zero-order chi connectivity index (χ0) is 15.5. The van der Waals surface area contributed by atoms with E-state index in [4.69, 9.17) is 4.98 Å². The number of likely N-dealkylation sites (N-methyl/N-ethyl adjacent to an activating group) is 1. The maximum atomic E-state index is 4.83. The Morgan fingerprint density at radius 1 is 1.23 bits per heavy atom. The van der Waals surface area contributed by atoms with Crippen LogP contribution in [0.15, 0.2) is 30.3 Å². The molecule has 22 heavy (non-hydrogen) atoms. The van der Waals surface area contributed by atoms with Crippen LogP contribution in [0.25, 0.3) is 11.4 Å². The minimum atomic E-state index is 0.668. The number of hydrogen-bond acceptors (Lipinski definition) is 3. The maximum absolute atomic E-state index is 4.83. The van der Waals surface area contributed by atoms with Gasteiger partial charge >= 0.3 is 0 Å². The first-order chi connectivity index (χ1) is 10.7. The van der Waals surface area contributed by atoms with Crippen LogP contribution in [0.5, 0.6) is 0 Å². The molecule has 2 aromatic rings. The zero-order valence-corrected chi connectivity index (χ0v) is 13.8. The number of nitrogens with zero attached hydrogens (tertiary/aromatic N) is 3. The predicted molar refractivity (Wildman–Crippen MR) is 90.7 cm³/mol. The molecule has 1 unspecified atom stereocenters. The average Bonchev–Trinajstić information content (AvgIpc) is 2.91. The van der Waals surface area contributed by atoms with Gasteiger partial charge in [0.25, 0.3) is 0 Å². The lowest BCUT2D eigenvalue weighted by Crippen LogP contribution is -2.50. The van der Waals surface area contributed by atoms with E-state index in [2.05, 4.69) is 59.9 Å². The summed E-state index contributed by atoms with van der Waals surface area (Å²) in [5, 5.41) is 0. The second-order valence-electron chi connectivity index (χ2n) is 6.30. The number of H-pyrrole nitrogens is 1. The smallest absolute Gasteiger partial charge is 0.137 e. The quantitative estimate of drug-likeness (QED) is 0.942. The van der Waals surface area contributed by atoms with E-state index < -0.39 is 0 Å². The van der Waals surface area contributed by atoms with Gasteiger partial charge in [0, 0.05) is 43.5 Å². The molecule has 0 amide bonds. The fourth-order valence-electron chi connectivity index (χ4n) is 3.19. The van der Waals surface area contributed by atoms with Crippen LogP contribution in [0.3, 0.4) is 0 Å². The van der Waals surface area contributed by atoms with Crippen molar-refractivity contribution in [3.8, 4) is 11.4 Å². The molecule has 0 bridgehead atoms. The molecule has 1 fully saturated rings. The Bertz CT molecular complexity index is 605. The van der Waals surface area contributed by atoms with Crippen molar-refractivity contribution in [2.75, 3.05) is 26.7 Å². The summed E-state index contributed by atoms with van der Waals surface area (Å²) in [6.45, 7) is 8.76. The molecule has 1 aliphatic heterocycles. The summed E-state index contributed by atoms with van der Waals surface area (Å²) in [6, 6.07) is 11.0. The molecule has 0 spiro atoms. The summed E-state index contributed by atoms with van der Waals surface area (Å²) < 4.78 is 0. The molecule has 0 saturated carbocycles. The lowest BCUT2D eigenvalue weighted by molar-refractivity contribution is 0.0875. The minimum absolute atomic E-state index is 0.668. The van der Waals surface area contributed by atoms with E-state index in [-0.39, 0.29) is 0 Å². The summed E-state index contributed by atoms with van der Waals surface area (Å²) in [7, 11) is 2.23. The van der Waals surface area contributed by atoms with Crippen molar-refractivity contribution in [2.45, 2.75) is 32.9 Å². The van der Waals surface area contributed by atoms with E-state index in [9.17, 15) is 0 Å². The van der Waals surface area contributed by atoms with E-state index in [0.29, 0.717) is 6.04 Å². The van der Waals surface area contributed by atoms with Gasteiger partial charge in [-0.25, -0.2) is 4.98 Å². The molecule has 3 rings (SSSR count). The van der Waals surface area contributed by atoms with Crippen LogP contribution >= 0.6 is 0 Å². The molecule has 0 aliphatic carbocycles. The number of piperazine rings is 1. The molecular formula is C18H26N4. The van der Waals surface area contributed by atoms with Crippen molar-refractivity contribution in [2.24, 2.45) is 0 Å². The standard InChI is InChI=1S/C18H26N4/c1-4-16-12-22(11-10-21(16)3)13-17-14(2)19-18(20-17)15-8-6-5-7-9-15/h5-9,16H,4,10-13H2,1-3H3,(H,19,20). The van der Waals surface area contributed by atoms with Crippen LogP contribution in [0.4, 0.5) is 0 Å². The van der Waals surface area contributed by atoms with Gasteiger partial charge in [-0.05, 0) is 20.4 Å². The first-order valence-electron chi connectivity index (χ1n) is 8.21. The largest absolute Gasteiger partial charge is 0.342 e. The van der Waals surface area contributed by atoms with Gasteiger partial charge in [-0.3, -0.25) is 4.90 Å². The first kappa shape index (κ1) is 15.3. The van der Waals surface area contributed by atoms with Gasteiger partial charge in [-0.15, -0.1) is 0 Å². The van der Waals surface area contributed by atoms with E-state index in [1.807, 2.05) is 6.07 Å². The molecule has 2 heterocycles. The highest BCUT2D eigenvalue weighted by molar-refractivity contribution is 5.55. The van der Waals surface area contributed by atoms with Gasteiger partial charge in [0.05, 0.1) is 5.69 Å². The highest BCUT2D eigenvalue weighted by atomic mass is 15.3. The second kappa shape index (κ2) is 6.63. The molecule has 1 aromatic heterocycles. The number of benzene rings is 1. The van der Waals surface area contributed by atoms with Crippen molar-refractivity contribution in [1.29, 1.82) is 0 Å². The number of rotatable bonds is 4. The van der Waals surface area contributed by atoms with Gasteiger partial charge in [0.1, 0.15) is 5.82 Å². The lowest BCUT2D eigenvalue weighted by atomic mass is 10.1. The summed E-state index contributed by atoms with van der Waals surface area (Å²) in [4.78, 5) is 13.3. The van der Waals surface area contributed by atoms with Crippen LogP contribution < -0.4 is 0 Å². The molecule has 1 atom stereocenters. The molecule has 4 heteroatoms. The summed E-state index contributed by atoms with van der Waals surface area (Å²) in [6.07, 6.45) is 1.21. The average molecular weight is 298 g/mol. The third-order valence-electron chi connectivity index (χ3n) is 4.74. The first-order valence-corrected chi connectivity index (χ1v) is 8.21. The number of imidazole rings is 1. The number of aromatic amines is 1. The van der Waals surface area contributed by atoms with Crippen molar-refractivity contribution in [3.05, 3.63) is 41.7 Å². The molecule has 1 aromatic carbocycles. The monoisotopic (exact) mass is 298 g/mol. The number of aromatic nitrogens is 2. The van der Waals surface area contributed by atoms with Crippen LogP contribution in [0.1, 0.15) is 24.7 Å². The normalized spacial score (nSPS) is 20.4. The number of nitrogens with one attached hydrogen (secondary N) is 1. The van der Waals surface area contributed by atoms with Crippen molar-refractivity contribution >= 4 is 0 Å². The van der Waals surface area contributed by atoms with Gasteiger partial charge in [0.15, 0.2) is 0 Å². The van der Waals surface area contributed by atoms with Gasteiger partial charge in [0.2, 0.25) is 0 Å². The topological polar surface area (TPSA) is 35.2 Å². The van der Waals surface area contributed by atoms with E-state index in [0.717, 1.165) is 37.6 Å². The molecule has 0 radical (unpaired) electrons. The van der Waals surface area contributed by atoms with E-state index in [1.54, 1.807) is 0 Å². The zero-order valence-electron chi connectivity index (χ0n) is 13.8. The van der Waals surface area contributed by atoms with Crippen LogP contribution in [-0.2, 0) is 6.54 Å². The third-order valence-corrected chi connectivity index (χ3v) is 4.74. The van der Waals surface area contributed by atoms with Gasteiger partial charge in [-0.2, -0.15) is 0 Å². The molecular weight excluding hydrogens is 272 g/mol. The Balaban J connectivity index is 1.72. The Morgan fingerprint density at radius 3 is 2.73 bits per heavy atom. The molecule has 118 valence electrons. The SMILES string of the molecule is CCC1CN(Cc2nc(-c3ccccc3)[nH]c2C)CCN1C. The summed E-state index contributed by atoms with van der Waals surface area (Å²) in [5.41, 5.74) is 3.52. The Morgan fingerprint density at radius 2 is 2.00 bits per heavy atom. The predicted octanol–water partition coefficient (Wildman–Crippen LogP) is 2.91.